The summed E-state index contributed by atoms with van der Waals surface area (Å²) in [6.07, 6.45) is 1.82. The normalized spacial score (nSPS) is 44.4. The Morgan fingerprint density at radius 2 is 1.80 bits per heavy atom. The van der Waals surface area contributed by atoms with Crippen molar-refractivity contribution < 1.29 is 4.74 Å². The van der Waals surface area contributed by atoms with Crippen molar-refractivity contribution in [2.45, 2.75) is 54.1 Å². The number of rotatable bonds is 0. The number of hydrogen-bond acceptors (Lipinski definition) is 1. The van der Waals surface area contributed by atoms with Crippen molar-refractivity contribution >= 4 is 0 Å². The van der Waals surface area contributed by atoms with E-state index in [-0.39, 0.29) is 0 Å². The Morgan fingerprint density at radius 1 is 1.20 bits per heavy atom. The molecule has 1 heteroatoms. The van der Waals surface area contributed by atoms with Crippen LogP contribution in [0.1, 0.15) is 48.0 Å². The van der Waals surface area contributed by atoms with Crippen molar-refractivity contribution in [2.75, 3.05) is 6.61 Å². The smallest absolute Gasteiger partial charge is 0.0631 e. The average molecular weight is 210 g/mol. The van der Waals surface area contributed by atoms with E-state index >= 15 is 0 Å². The van der Waals surface area contributed by atoms with E-state index in [9.17, 15) is 0 Å². The molecule has 1 aliphatic carbocycles. The molecule has 0 N–H and O–H groups in total. The second kappa shape index (κ2) is 3.23. The average Bonchev–Trinajstić information content (AvgIpc) is 2.28. The molecule has 0 aromatic rings. The van der Waals surface area contributed by atoms with Crippen LogP contribution in [0.4, 0.5) is 0 Å². The molecular formula is C14H26O. The van der Waals surface area contributed by atoms with Crippen LogP contribution < -0.4 is 0 Å². The largest absolute Gasteiger partial charge is 0.377 e. The number of ether oxygens (including phenoxy) is 1. The van der Waals surface area contributed by atoms with Crippen molar-refractivity contribution in [1.29, 1.82) is 0 Å². The van der Waals surface area contributed by atoms with Crippen LogP contribution in [0.25, 0.3) is 0 Å². The van der Waals surface area contributed by atoms with Gasteiger partial charge in [-0.3, -0.25) is 0 Å². The molecule has 3 aliphatic rings. The molecule has 3 rings (SSSR count). The summed E-state index contributed by atoms with van der Waals surface area (Å²) >= 11 is 0. The van der Waals surface area contributed by atoms with Crippen LogP contribution in [0.3, 0.4) is 0 Å². The molecule has 2 saturated heterocycles. The van der Waals surface area contributed by atoms with E-state index in [0.717, 1.165) is 18.4 Å². The summed E-state index contributed by atoms with van der Waals surface area (Å²) in [5.74, 6) is 2.39. The molecule has 3 fully saturated rings. The Kier molecular flexibility index (Phi) is 2.46. The first-order valence-electron chi connectivity index (χ1n) is 6.36. The lowest BCUT2D eigenvalue weighted by Gasteiger charge is -2.52. The third kappa shape index (κ3) is 1.63. The van der Waals surface area contributed by atoms with Crippen LogP contribution in [0.15, 0.2) is 0 Å². The summed E-state index contributed by atoms with van der Waals surface area (Å²) in [4.78, 5) is 0. The van der Waals surface area contributed by atoms with E-state index < -0.39 is 0 Å². The zero-order valence-electron chi connectivity index (χ0n) is 11.1. The Hall–Kier alpha value is -0.0400. The minimum absolute atomic E-state index is 0.382. The Balaban J connectivity index is 2.20. The summed E-state index contributed by atoms with van der Waals surface area (Å²) in [7, 11) is 0. The molecule has 0 radical (unpaired) electrons. The van der Waals surface area contributed by atoms with E-state index in [1.54, 1.807) is 0 Å². The van der Waals surface area contributed by atoms with E-state index in [4.69, 9.17) is 4.74 Å². The van der Waals surface area contributed by atoms with Crippen LogP contribution in [0.2, 0.25) is 0 Å². The van der Waals surface area contributed by atoms with E-state index in [1.165, 1.54) is 6.42 Å². The van der Waals surface area contributed by atoms with Gasteiger partial charge in [0.05, 0.1) is 12.7 Å². The molecule has 0 aromatic heterocycles. The molecule has 0 spiro atoms. The van der Waals surface area contributed by atoms with Gasteiger partial charge in [-0.1, -0.05) is 41.5 Å². The van der Waals surface area contributed by atoms with E-state index in [0.29, 0.717) is 22.9 Å². The Morgan fingerprint density at radius 3 is 2.27 bits per heavy atom. The molecule has 2 bridgehead atoms. The first-order chi connectivity index (χ1) is 6.74. The highest BCUT2D eigenvalue weighted by Gasteiger charge is 2.55. The number of fused-ring (bicyclic) bond motifs is 3. The van der Waals surface area contributed by atoms with Gasteiger partial charge in [0.25, 0.3) is 0 Å². The highest BCUT2D eigenvalue weighted by Crippen LogP contribution is 2.57. The lowest BCUT2D eigenvalue weighted by atomic mass is 9.53. The molecule has 1 nitrogen and oxygen atoms in total. The van der Waals surface area contributed by atoms with Gasteiger partial charge in [-0.15, -0.1) is 0 Å². The monoisotopic (exact) mass is 210 g/mol. The Labute approximate surface area is 94.6 Å². The fourth-order valence-electron chi connectivity index (χ4n) is 3.78. The van der Waals surface area contributed by atoms with E-state index in [2.05, 4.69) is 41.5 Å². The van der Waals surface area contributed by atoms with Gasteiger partial charge in [0.2, 0.25) is 0 Å². The summed E-state index contributed by atoms with van der Waals surface area (Å²) < 4.78 is 6.09. The maximum atomic E-state index is 6.09. The van der Waals surface area contributed by atoms with E-state index in [1.807, 2.05) is 0 Å². The zero-order valence-corrected chi connectivity index (χ0v) is 11.1. The summed E-state index contributed by atoms with van der Waals surface area (Å²) in [5, 5.41) is 0. The van der Waals surface area contributed by atoms with Crippen molar-refractivity contribution in [1.82, 2.24) is 0 Å². The van der Waals surface area contributed by atoms with Gasteiger partial charge in [-0.2, -0.15) is 0 Å². The first-order valence-corrected chi connectivity index (χ1v) is 6.36. The van der Waals surface area contributed by atoms with Crippen LogP contribution in [-0.4, -0.2) is 12.7 Å². The third-order valence-electron chi connectivity index (χ3n) is 5.11. The van der Waals surface area contributed by atoms with Gasteiger partial charge in [0, 0.05) is 0 Å². The number of hydrogen-bond donors (Lipinski definition) is 0. The van der Waals surface area contributed by atoms with Crippen molar-refractivity contribution in [3.63, 3.8) is 0 Å². The first kappa shape index (κ1) is 11.4. The third-order valence-corrected chi connectivity index (χ3v) is 5.11. The van der Waals surface area contributed by atoms with Crippen molar-refractivity contribution in [2.24, 2.45) is 28.6 Å². The minimum Gasteiger partial charge on any atom is -0.377 e. The summed E-state index contributed by atoms with van der Waals surface area (Å²) in [6, 6.07) is 0. The molecule has 4 unspecified atom stereocenters. The molecule has 0 aromatic carbocycles. The fourth-order valence-corrected chi connectivity index (χ4v) is 3.78. The van der Waals surface area contributed by atoms with Gasteiger partial charge < -0.3 is 4.74 Å². The second-order valence-corrected chi connectivity index (χ2v) is 7.32. The fraction of sp³-hybridized carbons (Fsp3) is 1.00. The van der Waals surface area contributed by atoms with Gasteiger partial charge in [0.1, 0.15) is 0 Å². The SMILES string of the molecule is CC1C(C(C)(C)C)COC2CC1C2(C)C. The minimum atomic E-state index is 0.382. The topological polar surface area (TPSA) is 9.23 Å². The van der Waals surface area contributed by atoms with Crippen LogP contribution in [0.5, 0.6) is 0 Å². The molecule has 0 amide bonds. The highest BCUT2D eigenvalue weighted by molar-refractivity contribution is 5.04. The molecule has 2 heterocycles. The van der Waals surface area contributed by atoms with Crippen LogP contribution >= 0.6 is 0 Å². The molecule has 1 saturated carbocycles. The van der Waals surface area contributed by atoms with Crippen molar-refractivity contribution in [3.05, 3.63) is 0 Å². The summed E-state index contributed by atoms with van der Waals surface area (Å²) in [5.41, 5.74) is 0.798. The molecule has 88 valence electrons. The second-order valence-electron chi connectivity index (χ2n) is 7.32. The zero-order chi connectivity index (χ0) is 11.4. The quantitative estimate of drug-likeness (QED) is 0.592. The standard InChI is InChI=1S/C14H26O/c1-9-10-7-12(14(10,5)6)15-8-11(9)13(2,3)4/h9-12H,7-8H2,1-6H3. The Bertz CT molecular complexity index is 249. The van der Waals surface area contributed by atoms with Crippen LogP contribution in [-0.2, 0) is 4.74 Å². The van der Waals surface area contributed by atoms with Gasteiger partial charge >= 0.3 is 0 Å². The van der Waals surface area contributed by atoms with Gasteiger partial charge in [-0.05, 0) is 35.0 Å². The maximum absolute atomic E-state index is 6.09. The maximum Gasteiger partial charge on any atom is 0.0631 e. The summed E-state index contributed by atoms with van der Waals surface area (Å²) in [6.45, 7) is 15.2. The predicted octanol–water partition coefficient (Wildman–Crippen LogP) is 3.73. The molecule has 4 atom stereocenters. The van der Waals surface area contributed by atoms with Gasteiger partial charge in [-0.25, -0.2) is 0 Å². The molecule has 15 heavy (non-hydrogen) atoms. The van der Waals surface area contributed by atoms with Gasteiger partial charge in [0.15, 0.2) is 0 Å². The molecular weight excluding hydrogens is 184 g/mol. The highest BCUT2D eigenvalue weighted by atomic mass is 16.5. The lowest BCUT2D eigenvalue weighted by molar-refractivity contribution is -0.123. The van der Waals surface area contributed by atoms with Crippen molar-refractivity contribution in [3.8, 4) is 0 Å². The molecule has 2 aliphatic heterocycles. The lowest BCUT2D eigenvalue weighted by Crippen LogP contribution is -2.51. The van der Waals surface area contributed by atoms with Crippen LogP contribution in [0, 0.1) is 28.6 Å². The predicted molar refractivity (Wildman–Crippen MR) is 63.7 cm³/mol.